The van der Waals surface area contributed by atoms with Gasteiger partial charge in [-0.05, 0) is 39.7 Å². The molecule has 0 bridgehead atoms. The second-order valence-corrected chi connectivity index (χ2v) is 5.87. The number of ether oxygens (including phenoxy) is 1. The molecule has 2 aromatic heterocycles. The zero-order valence-corrected chi connectivity index (χ0v) is 12.6. The zero-order valence-electron chi connectivity index (χ0n) is 12.6. The van der Waals surface area contributed by atoms with Crippen LogP contribution in [-0.2, 0) is 11.8 Å². The number of aromatic nitrogens is 3. The summed E-state index contributed by atoms with van der Waals surface area (Å²) in [5.74, 6) is 0. The molecular formula is C15H22N4O. The van der Waals surface area contributed by atoms with Crippen LogP contribution in [0, 0.1) is 6.92 Å². The summed E-state index contributed by atoms with van der Waals surface area (Å²) >= 11 is 0. The first kappa shape index (κ1) is 13.4. The molecule has 3 rings (SSSR count). The fraction of sp³-hybridized carbons (Fsp3) is 0.600. The molecule has 2 aromatic rings. The number of aryl methyl sites for hydroxylation is 2. The molecule has 2 unspecified atom stereocenters. The average molecular weight is 274 g/mol. The van der Waals surface area contributed by atoms with Gasteiger partial charge in [0.2, 0.25) is 0 Å². The molecule has 0 spiro atoms. The van der Waals surface area contributed by atoms with E-state index in [4.69, 9.17) is 4.74 Å². The molecule has 2 atom stereocenters. The predicted molar refractivity (Wildman–Crippen MR) is 79.9 cm³/mol. The SMILES string of the molecule is Cc1nn(C)c2ncc(NC3CC(C)OC(C)C3)cc12. The van der Waals surface area contributed by atoms with Crippen molar-refractivity contribution in [1.82, 2.24) is 14.8 Å². The number of nitrogens with zero attached hydrogens (tertiary/aromatic N) is 3. The van der Waals surface area contributed by atoms with Gasteiger partial charge in [0.1, 0.15) is 0 Å². The van der Waals surface area contributed by atoms with Crippen LogP contribution in [0.4, 0.5) is 5.69 Å². The predicted octanol–water partition coefficient (Wildman–Crippen LogP) is 2.64. The highest BCUT2D eigenvalue weighted by molar-refractivity contribution is 5.81. The molecule has 1 N–H and O–H groups in total. The lowest BCUT2D eigenvalue weighted by Crippen LogP contribution is -2.36. The quantitative estimate of drug-likeness (QED) is 0.914. The molecule has 5 nitrogen and oxygen atoms in total. The maximum Gasteiger partial charge on any atom is 0.157 e. The van der Waals surface area contributed by atoms with Crippen molar-refractivity contribution in [2.45, 2.75) is 51.9 Å². The van der Waals surface area contributed by atoms with Gasteiger partial charge in [0.25, 0.3) is 0 Å². The summed E-state index contributed by atoms with van der Waals surface area (Å²) in [6, 6.07) is 2.60. The van der Waals surface area contributed by atoms with E-state index in [1.807, 2.05) is 24.9 Å². The monoisotopic (exact) mass is 274 g/mol. The van der Waals surface area contributed by atoms with E-state index >= 15 is 0 Å². The second-order valence-electron chi connectivity index (χ2n) is 5.87. The summed E-state index contributed by atoms with van der Waals surface area (Å²) in [7, 11) is 1.93. The maximum absolute atomic E-state index is 5.78. The Balaban J connectivity index is 1.82. The van der Waals surface area contributed by atoms with Crippen LogP contribution in [0.3, 0.4) is 0 Å². The highest BCUT2D eigenvalue weighted by Gasteiger charge is 2.24. The molecule has 1 fully saturated rings. The summed E-state index contributed by atoms with van der Waals surface area (Å²) < 4.78 is 7.60. The summed E-state index contributed by atoms with van der Waals surface area (Å²) in [4.78, 5) is 4.51. The molecule has 0 aromatic carbocycles. The van der Waals surface area contributed by atoms with Crippen LogP contribution in [0.1, 0.15) is 32.4 Å². The van der Waals surface area contributed by atoms with Gasteiger partial charge >= 0.3 is 0 Å². The van der Waals surface area contributed by atoms with Crippen molar-refractivity contribution >= 4 is 16.7 Å². The van der Waals surface area contributed by atoms with E-state index in [1.165, 1.54) is 0 Å². The van der Waals surface area contributed by atoms with E-state index in [2.05, 4.69) is 35.3 Å². The molecule has 0 aliphatic carbocycles. The first-order valence-electron chi connectivity index (χ1n) is 7.24. The van der Waals surface area contributed by atoms with E-state index < -0.39 is 0 Å². The normalized spacial score (nSPS) is 26.9. The largest absolute Gasteiger partial charge is 0.381 e. The number of hydrogen-bond acceptors (Lipinski definition) is 4. The first-order chi connectivity index (χ1) is 9.52. The van der Waals surface area contributed by atoms with Crippen LogP contribution < -0.4 is 5.32 Å². The molecule has 5 heteroatoms. The van der Waals surface area contributed by atoms with E-state index in [-0.39, 0.29) is 0 Å². The Morgan fingerprint density at radius 3 is 2.70 bits per heavy atom. The Labute approximate surface area is 119 Å². The van der Waals surface area contributed by atoms with Gasteiger partial charge < -0.3 is 10.1 Å². The third-order valence-electron chi connectivity index (χ3n) is 3.93. The van der Waals surface area contributed by atoms with Crippen LogP contribution >= 0.6 is 0 Å². The molecule has 20 heavy (non-hydrogen) atoms. The Hall–Kier alpha value is -1.62. The molecule has 1 aliphatic heterocycles. The van der Waals surface area contributed by atoms with Crippen LogP contribution in [0.15, 0.2) is 12.3 Å². The van der Waals surface area contributed by atoms with Gasteiger partial charge in [-0.3, -0.25) is 4.68 Å². The molecule has 3 heterocycles. The Morgan fingerprint density at radius 2 is 2.00 bits per heavy atom. The van der Waals surface area contributed by atoms with Crippen molar-refractivity contribution in [1.29, 1.82) is 0 Å². The minimum absolute atomic E-state index is 0.313. The van der Waals surface area contributed by atoms with Crippen LogP contribution in [-0.4, -0.2) is 33.0 Å². The van der Waals surface area contributed by atoms with E-state index in [0.29, 0.717) is 18.2 Å². The van der Waals surface area contributed by atoms with Gasteiger partial charge in [-0.1, -0.05) is 0 Å². The van der Waals surface area contributed by atoms with Gasteiger partial charge in [0.15, 0.2) is 5.65 Å². The Morgan fingerprint density at radius 1 is 1.30 bits per heavy atom. The third-order valence-corrected chi connectivity index (χ3v) is 3.93. The lowest BCUT2D eigenvalue weighted by Gasteiger charge is -2.33. The molecule has 0 radical (unpaired) electrons. The maximum atomic E-state index is 5.78. The van der Waals surface area contributed by atoms with Gasteiger partial charge in [0.05, 0.1) is 29.8 Å². The molecule has 1 saturated heterocycles. The number of rotatable bonds is 2. The van der Waals surface area contributed by atoms with Gasteiger partial charge in [0, 0.05) is 18.5 Å². The Kier molecular flexibility index (Phi) is 3.38. The van der Waals surface area contributed by atoms with Crippen molar-refractivity contribution in [3.05, 3.63) is 18.0 Å². The summed E-state index contributed by atoms with van der Waals surface area (Å²) in [5, 5.41) is 9.12. The summed E-state index contributed by atoms with van der Waals surface area (Å²) in [6.07, 6.45) is 4.60. The molecule has 108 valence electrons. The van der Waals surface area contributed by atoms with E-state index in [0.717, 1.165) is 35.3 Å². The van der Waals surface area contributed by atoms with Gasteiger partial charge in [-0.2, -0.15) is 5.10 Å². The zero-order chi connectivity index (χ0) is 14.3. The van der Waals surface area contributed by atoms with E-state index in [9.17, 15) is 0 Å². The van der Waals surface area contributed by atoms with Crippen molar-refractivity contribution in [2.75, 3.05) is 5.32 Å². The van der Waals surface area contributed by atoms with Crippen LogP contribution in [0.2, 0.25) is 0 Å². The van der Waals surface area contributed by atoms with E-state index in [1.54, 1.807) is 0 Å². The average Bonchev–Trinajstić information content (AvgIpc) is 2.63. The lowest BCUT2D eigenvalue weighted by atomic mass is 9.99. The van der Waals surface area contributed by atoms with Crippen LogP contribution in [0.5, 0.6) is 0 Å². The fourth-order valence-corrected chi connectivity index (χ4v) is 3.15. The minimum Gasteiger partial charge on any atom is -0.381 e. The third kappa shape index (κ3) is 2.50. The topological polar surface area (TPSA) is 52.0 Å². The highest BCUT2D eigenvalue weighted by atomic mass is 16.5. The number of fused-ring (bicyclic) bond motifs is 1. The number of hydrogen-bond donors (Lipinski definition) is 1. The standard InChI is InChI=1S/C15H22N4O/c1-9-5-12(6-10(2)20-9)17-13-7-14-11(3)18-19(4)15(14)16-8-13/h7-10,12,17H,5-6H2,1-4H3. The number of anilines is 1. The second kappa shape index (κ2) is 5.05. The Bertz CT molecular complexity index is 612. The molecule has 0 saturated carbocycles. The van der Waals surface area contributed by atoms with Crippen molar-refractivity contribution < 1.29 is 4.74 Å². The highest BCUT2D eigenvalue weighted by Crippen LogP contribution is 2.24. The number of nitrogens with one attached hydrogen (secondary N) is 1. The summed E-state index contributed by atoms with van der Waals surface area (Å²) in [5.41, 5.74) is 3.02. The van der Waals surface area contributed by atoms with Gasteiger partial charge in [-0.25, -0.2) is 4.98 Å². The van der Waals surface area contributed by atoms with Crippen molar-refractivity contribution in [2.24, 2.45) is 7.05 Å². The fourth-order valence-electron chi connectivity index (χ4n) is 3.15. The smallest absolute Gasteiger partial charge is 0.157 e. The van der Waals surface area contributed by atoms with Crippen molar-refractivity contribution in [3.63, 3.8) is 0 Å². The first-order valence-corrected chi connectivity index (χ1v) is 7.24. The molecule has 0 amide bonds. The minimum atomic E-state index is 0.313. The van der Waals surface area contributed by atoms with Crippen LogP contribution in [0.25, 0.3) is 11.0 Å². The molecule has 1 aliphatic rings. The van der Waals surface area contributed by atoms with Gasteiger partial charge in [-0.15, -0.1) is 0 Å². The van der Waals surface area contributed by atoms with Crippen molar-refractivity contribution in [3.8, 4) is 0 Å². The molecular weight excluding hydrogens is 252 g/mol. The number of pyridine rings is 1. The summed E-state index contributed by atoms with van der Waals surface area (Å²) in [6.45, 7) is 6.29. The lowest BCUT2D eigenvalue weighted by molar-refractivity contribution is -0.0337.